The number of nitrogens with one attached hydrogen (secondary N) is 1. The first-order valence-electron chi connectivity index (χ1n) is 11.4. The third-order valence-corrected chi connectivity index (χ3v) is 5.75. The molecule has 9 heteroatoms. The number of hydrogen-bond donors (Lipinski definition) is 1. The van der Waals surface area contributed by atoms with Crippen LogP contribution in [0.2, 0.25) is 5.02 Å². The van der Waals surface area contributed by atoms with Gasteiger partial charge in [-0.05, 0) is 55.0 Å². The molecular formula is C26H27ClN4O4. The van der Waals surface area contributed by atoms with Crippen LogP contribution in [0.4, 0.5) is 11.5 Å². The number of anilines is 2. The summed E-state index contributed by atoms with van der Waals surface area (Å²) in [6.45, 7) is 2.60. The maximum Gasteiger partial charge on any atom is 0.262 e. The van der Waals surface area contributed by atoms with E-state index in [0.717, 1.165) is 18.8 Å². The van der Waals surface area contributed by atoms with E-state index in [1.54, 1.807) is 42.6 Å². The predicted octanol–water partition coefficient (Wildman–Crippen LogP) is 3.87. The lowest BCUT2D eigenvalue weighted by atomic mass is 10.3. The fraction of sp³-hybridized carbons (Fsp3) is 0.269. The normalized spacial score (nSPS) is 13.6. The lowest BCUT2D eigenvalue weighted by Crippen LogP contribution is -2.38. The second-order valence-corrected chi connectivity index (χ2v) is 8.46. The van der Waals surface area contributed by atoms with Crippen LogP contribution in [0.25, 0.3) is 0 Å². The molecule has 2 amide bonds. The number of para-hydroxylation sites is 1. The van der Waals surface area contributed by atoms with Crippen molar-refractivity contribution in [2.24, 2.45) is 0 Å². The van der Waals surface area contributed by atoms with E-state index in [2.05, 4.69) is 15.2 Å². The zero-order valence-corrected chi connectivity index (χ0v) is 20.0. The number of nitrogens with zero attached hydrogens (tertiary/aromatic N) is 3. The van der Waals surface area contributed by atoms with Crippen molar-refractivity contribution in [3.8, 4) is 11.5 Å². The van der Waals surface area contributed by atoms with Crippen molar-refractivity contribution >= 4 is 34.9 Å². The summed E-state index contributed by atoms with van der Waals surface area (Å²) in [5, 5.41) is 3.41. The number of amides is 2. The van der Waals surface area contributed by atoms with Gasteiger partial charge in [-0.15, -0.1) is 0 Å². The van der Waals surface area contributed by atoms with Crippen molar-refractivity contribution in [3.63, 3.8) is 0 Å². The van der Waals surface area contributed by atoms with Crippen molar-refractivity contribution in [1.82, 2.24) is 9.88 Å². The van der Waals surface area contributed by atoms with E-state index in [4.69, 9.17) is 21.1 Å². The highest BCUT2D eigenvalue weighted by Crippen LogP contribution is 2.18. The summed E-state index contributed by atoms with van der Waals surface area (Å²) in [5.74, 6) is 1.75. The summed E-state index contributed by atoms with van der Waals surface area (Å²) in [6, 6.07) is 19.8. The number of rotatable bonds is 8. The van der Waals surface area contributed by atoms with Crippen molar-refractivity contribution in [1.29, 1.82) is 0 Å². The van der Waals surface area contributed by atoms with Crippen LogP contribution in [-0.2, 0) is 9.59 Å². The summed E-state index contributed by atoms with van der Waals surface area (Å²) >= 11 is 5.88. The molecule has 1 saturated heterocycles. The predicted molar refractivity (Wildman–Crippen MR) is 135 cm³/mol. The van der Waals surface area contributed by atoms with Crippen molar-refractivity contribution < 1.29 is 19.1 Å². The van der Waals surface area contributed by atoms with Crippen molar-refractivity contribution in [2.75, 3.05) is 49.6 Å². The minimum atomic E-state index is -0.256. The molecule has 2 heterocycles. The largest absolute Gasteiger partial charge is 0.484 e. The molecule has 8 nitrogen and oxygen atoms in total. The highest BCUT2D eigenvalue weighted by molar-refractivity contribution is 6.30. The standard InChI is InChI=1S/C26H27ClN4O4/c27-20-7-10-23(11-8-20)35-19-26(33)31-14-4-13-30(15-16-31)24-12-9-21(17-28-24)29-25(32)18-34-22-5-2-1-3-6-22/h1-3,5-12,17H,4,13-16,18-19H2,(H,29,32). The number of benzene rings is 2. The van der Waals surface area contributed by atoms with E-state index < -0.39 is 0 Å². The highest BCUT2D eigenvalue weighted by atomic mass is 35.5. The molecule has 3 aromatic rings. The van der Waals surface area contributed by atoms with Gasteiger partial charge in [-0.2, -0.15) is 0 Å². The Morgan fingerprint density at radius 2 is 1.60 bits per heavy atom. The van der Waals surface area contributed by atoms with E-state index in [9.17, 15) is 9.59 Å². The molecule has 4 rings (SSSR count). The van der Waals surface area contributed by atoms with Crippen LogP contribution < -0.4 is 19.7 Å². The fourth-order valence-electron chi connectivity index (χ4n) is 3.67. The molecule has 1 aliphatic heterocycles. The summed E-state index contributed by atoms with van der Waals surface area (Å²) < 4.78 is 11.1. The molecule has 1 fully saturated rings. The van der Waals surface area contributed by atoms with E-state index in [1.807, 2.05) is 35.2 Å². The Balaban J connectivity index is 1.23. The molecule has 35 heavy (non-hydrogen) atoms. The van der Waals surface area contributed by atoms with Crippen LogP contribution in [-0.4, -0.2) is 61.1 Å². The topological polar surface area (TPSA) is 84.0 Å². The van der Waals surface area contributed by atoms with Crippen LogP contribution in [0.15, 0.2) is 72.9 Å². The third-order valence-electron chi connectivity index (χ3n) is 5.49. The molecule has 0 saturated carbocycles. The summed E-state index contributed by atoms with van der Waals surface area (Å²) in [4.78, 5) is 33.2. The van der Waals surface area contributed by atoms with E-state index in [1.165, 1.54) is 0 Å². The molecule has 0 spiro atoms. The number of carbonyl (C=O) groups is 2. The number of carbonyl (C=O) groups excluding carboxylic acids is 2. The first-order chi connectivity index (χ1) is 17.1. The van der Waals surface area contributed by atoms with Crippen LogP contribution in [0.5, 0.6) is 11.5 Å². The smallest absolute Gasteiger partial charge is 0.262 e. The van der Waals surface area contributed by atoms with Crippen molar-refractivity contribution in [3.05, 3.63) is 77.9 Å². The van der Waals surface area contributed by atoms with Gasteiger partial charge >= 0.3 is 0 Å². The van der Waals surface area contributed by atoms with Gasteiger partial charge in [0, 0.05) is 31.2 Å². The molecule has 1 aromatic heterocycles. The number of aromatic nitrogens is 1. The maximum atomic E-state index is 12.6. The first-order valence-corrected chi connectivity index (χ1v) is 11.8. The van der Waals surface area contributed by atoms with Gasteiger partial charge in [-0.1, -0.05) is 29.8 Å². The van der Waals surface area contributed by atoms with Crippen LogP contribution in [0, 0.1) is 0 Å². The average Bonchev–Trinajstić information content (AvgIpc) is 3.15. The molecule has 0 aliphatic carbocycles. The minimum absolute atomic E-state index is 0.0116. The lowest BCUT2D eigenvalue weighted by Gasteiger charge is -2.23. The maximum absolute atomic E-state index is 12.6. The Kier molecular flexibility index (Phi) is 8.40. The molecule has 1 N–H and O–H groups in total. The SMILES string of the molecule is O=C(COc1ccccc1)Nc1ccc(N2CCCN(C(=O)COc3ccc(Cl)cc3)CC2)nc1. The van der Waals surface area contributed by atoms with Crippen molar-refractivity contribution in [2.45, 2.75) is 6.42 Å². The molecule has 182 valence electrons. The molecular weight excluding hydrogens is 468 g/mol. The molecule has 0 atom stereocenters. The van der Waals surface area contributed by atoms with Crippen LogP contribution >= 0.6 is 11.6 Å². The van der Waals surface area contributed by atoms with Gasteiger partial charge in [0.1, 0.15) is 17.3 Å². The quantitative estimate of drug-likeness (QED) is 0.512. The van der Waals surface area contributed by atoms with Gasteiger partial charge in [0.2, 0.25) is 0 Å². The number of ether oxygens (including phenoxy) is 2. The Labute approximate surface area is 209 Å². The Morgan fingerprint density at radius 1 is 0.857 bits per heavy atom. The molecule has 1 aliphatic rings. The zero-order valence-electron chi connectivity index (χ0n) is 19.2. The fourth-order valence-corrected chi connectivity index (χ4v) is 3.80. The van der Waals surface area contributed by atoms with E-state index in [0.29, 0.717) is 41.8 Å². The second-order valence-electron chi connectivity index (χ2n) is 8.02. The van der Waals surface area contributed by atoms with Gasteiger partial charge in [0.05, 0.1) is 11.9 Å². The van der Waals surface area contributed by atoms with E-state index >= 15 is 0 Å². The zero-order chi connectivity index (χ0) is 24.5. The Hall–Kier alpha value is -3.78. The van der Waals surface area contributed by atoms with Crippen LogP contribution in [0.1, 0.15) is 6.42 Å². The molecule has 0 bridgehead atoms. The molecule has 2 aromatic carbocycles. The van der Waals surface area contributed by atoms with Crippen LogP contribution in [0.3, 0.4) is 0 Å². The van der Waals surface area contributed by atoms with Gasteiger partial charge < -0.3 is 24.6 Å². The van der Waals surface area contributed by atoms with Gasteiger partial charge in [0.15, 0.2) is 13.2 Å². The van der Waals surface area contributed by atoms with Gasteiger partial charge in [-0.3, -0.25) is 9.59 Å². The van der Waals surface area contributed by atoms with Gasteiger partial charge in [0.25, 0.3) is 11.8 Å². The Bertz CT molecular complexity index is 1110. The summed E-state index contributed by atoms with van der Waals surface area (Å²) in [6.07, 6.45) is 2.45. The van der Waals surface area contributed by atoms with Gasteiger partial charge in [-0.25, -0.2) is 4.98 Å². The summed E-state index contributed by atoms with van der Waals surface area (Å²) in [5.41, 5.74) is 0.599. The molecule has 0 radical (unpaired) electrons. The number of pyridine rings is 1. The monoisotopic (exact) mass is 494 g/mol. The lowest BCUT2D eigenvalue weighted by molar-refractivity contribution is -0.133. The first kappa shape index (κ1) is 24.3. The molecule has 0 unspecified atom stereocenters. The number of halogens is 1. The highest BCUT2D eigenvalue weighted by Gasteiger charge is 2.20. The minimum Gasteiger partial charge on any atom is -0.484 e. The summed E-state index contributed by atoms with van der Waals surface area (Å²) in [7, 11) is 0. The average molecular weight is 495 g/mol. The Morgan fingerprint density at radius 3 is 2.34 bits per heavy atom. The third kappa shape index (κ3) is 7.35. The van der Waals surface area contributed by atoms with E-state index in [-0.39, 0.29) is 25.0 Å². The second kappa shape index (κ2) is 12.1. The number of hydrogen-bond acceptors (Lipinski definition) is 6.